The minimum Gasteiger partial charge on any atom is -0.480 e. The minimum absolute atomic E-state index is 0.0495. The first-order valence-corrected chi connectivity index (χ1v) is 11.6. The van der Waals surface area contributed by atoms with E-state index in [2.05, 4.69) is 17.4 Å². The van der Waals surface area contributed by atoms with Crippen molar-refractivity contribution < 1.29 is 19.0 Å². The third-order valence-electron chi connectivity index (χ3n) is 6.39. The average Bonchev–Trinajstić information content (AvgIpc) is 2.77. The number of carboxylic acid groups (broad SMARTS) is 1. The number of anilines is 1. The number of carbonyl (C=O) groups is 1. The van der Waals surface area contributed by atoms with Crippen molar-refractivity contribution in [3.05, 3.63) is 58.5 Å². The number of ether oxygens (including phenoxy) is 1. The summed E-state index contributed by atoms with van der Waals surface area (Å²) in [6, 6.07) is 7.94. The highest BCUT2D eigenvalue weighted by Crippen LogP contribution is 2.30. The number of nitrogens with zero attached hydrogens (tertiary/aromatic N) is 2. The van der Waals surface area contributed by atoms with Gasteiger partial charge in [0.2, 0.25) is 0 Å². The van der Waals surface area contributed by atoms with E-state index in [9.17, 15) is 14.3 Å². The smallest absolute Gasteiger partial charge is 0.325 e. The highest BCUT2D eigenvalue weighted by molar-refractivity contribution is 5.76. The summed E-state index contributed by atoms with van der Waals surface area (Å²) in [5.41, 5.74) is 3.84. The Balaban J connectivity index is 1.20. The molecule has 0 bridgehead atoms. The van der Waals surface area contributed by atoms with Gasteiger partial charge in [-0.05, 0) is 73.4 Å². The Bertz CT molecular complexity index is 946. The van der Waals surface area contributed by atoms with Crippen LogP contribution >= 0.6 is 0 Å². The van der Waals surface area contributed by atoms with E-state index in [1.54, 1.807) is 6.07 Å². The van der Waals surface area contributed by atoms with Crippen LogP contribution in [-0.4, -0.2) is 53.3 Å². The van der Waals surface area contributed by atoms with Crippen LogP contribution in [0.15, 0.2) is 30.3 Å². The number of aromatic nitrogens is 1. The highest BCUT2D eigenvalue weighted by atomic mass is 19.1. The first kappa shape index (κ1) is 22.7. The van der Waals surface area contributed by atoms with E-state index in [0.717, 1.165) is 49.3 Å². The summed E-state index contributed by atoms with van der Waals surface area (Å²) in [5.74, 6) is -0.196. The van der Waals surface area contributed by atoms with Crippen LogP contribution in [0.3, 0.4) is 0 Å². The van der Waals surface area contributed by atoms with Gasteiger partial charge in [-0.1, -0.05) is 19.1 Å². The fraction of sp³-hybridized carbons (Fsp3) is 0.520. The van der Waals surface area contributed by atoms with Gasteiger partial charge in [-0.25, -0.2) is 9.37 Å². The van der Waals surface area contributed by atoms with Gasteiger partial charge in [-0.2, -0.15) is 0 Å². The number of carboxylic acids is 1. The number of halogens is 1. The number of hydrogen-bond donors (Lipinski definition) is 2. The lowest BCUT2D eigenvalue weighted by molar-refractivity contribution is -0.151. The highest BCUT2D eigenvalue weighted by Gasteiger charge is 2.38. The normalized spacial score (nSPS) is 17.3. The molecule has 32 heavy (non-hydrogen) atoms. The number of aryl methyl sites for hydroxylation is 3. The zero-order valence-electron chi connectivity index (χ0n) is 18.6. The minimum atomic E-state index is -0.906. The molecule has 3 heterocycles. The lowest BCUT2D eigenvalue weighted by atomic mass is 9.94. The topological polar surface area (TPSA) is 74.7 Å². The predicted octanol–water partition coefficient (Wildman–Crippen LogP) is 3.99. The SMILES string of the molecule is CCc1cc(F)ccc1[C@@H](C(=O)O)N1CC(OCCCCc2ccc3c(n2)NCCC3)C1. The van der Waals surface area contributed by atoms with E-state index < -0.39 is 12.0 Å². The summed E-state index contributed by atoms with van der Waals surface area (Å²) in [5, 5.41) is 13.2. The summed E-state index contributed by atoms with van der Waals surface area (Å²) in [4.78, 5) is 18.6. The van der Waals surface area contributed by atoms with Crippen molar-refractivity contribution in [2.75, 3.05) is 31.6 Å². The third-order valence-corrected chi connectivity index (χ3v) is 6.39. The molecule has 172 valence electrons. The van der Waals surface area contributed by atoms with E-state index in [1.807, 2.05) is 11.8 Å². The predicted molar refractivity (Wildman–Crippen MR) is 121 cm³/mol. The monoisotopic (exact) mass is 441 g/mol. The number of likely N-dealkylation sites (tertiary alicyclic amines) is 1. The van der Waals surface area contributed by atoms with E-state index in [4.69, 9.17) is 9.72 Å². The summed E-state index contributed by atoms with van der Waals surface area (Å²) in [6.45, 7) is 4.73. The Hall–Kier alpha value is -2.51. The van der Waals surface area contributed by atoms with Crippen LogP contribution in [0.1, 0.15) is 54.6 Å². The number of aliphatic carboxylic acids is 1. The lowest BCUT2D eigenvalue weighted by Gasteiger charge is -2.42. The number of hydrogen-bond acceptors (Lipinski definition) is 5. The Labute approximate surface area is 188 Å². The van der Waals surface area contributed by atoms with Gasteiger partial charge in [0, 0.05) is 31.9 Å². The van der Waals surface area contributed by atoms with Crippen LogP contribution in [0.4, 0.5) is 10.2 Å². The van der Waals surface area contributed by atoms with E-state index in [1.165, 1.54) is 24.1 Å². The van der Waals surface area contributed by atoms with E-state index >= 15 is 0 Å². The number of unbranched alkanes of at least 4 members (excludes halogenated alkanes) is 1. The zero-order valence-corrected chi connectivity index (χ0v) is 18.6. The summed E-state index contributed by atoms with van der Waals surface area (Å²) in [7, 11) is 0. The van der Waals surface area contributed by atoms with Gasteiger partial charge in [-0.3, -0.25) is 9.69 Å². The number of benzene rings is 1. The maximum atomic E-state index is 13.6. The van der Waals surface area contributed by atoms with Crippen LogP contribution < -0.4 is 5.32 Å². The van der Waals surface area contributed by atoms with Crippen LogP contribution in [0.5, 0.6) is 0 Å². The molecule has 1 aromatic heterocycles. The molecule has 4 rings (SSSR count). The molecule has 1 saturated heterocycles. The molecule has 0 radical (unpaired) electrons. The number of fused-ring (bicyclic) bond motifs is 1. The van der Waals surface area contributed by atoms with Gasteiger partial charge in [0.05, 0.1) is 6.10 Å². The molecule has 1 atom stereocenters. The molecule has 2 N–H and O–H groups in total. The number of rotatable bonds is 10. The second kappa shape index (κ2) is 10.4. The Morgan fingerprint density at radius 3 is 2.94 bits per heavy atom. The van der Waals surface area contributed by atoms with Crippen molar-refractivity contribution >= 4 is 11.8 Å². The number of pyridine rings is 1. The van der Waals surface area contributed by atoms with Crippen LogP contribution in [0, 0.1) is 5.82 Å². The molecule has 2 aliphatic rings. The van der Waals surface area contributed by atoms with Crippen molar-refractivity contribution in [1.82, 2.24) is 9.88 Å². The van der Waals surface area contributed by atoms with Crippen molar-refractivity contribution in [2.24, 2.45) is 0 Å². The maximum Gasteiger partial charge on any atom is 0.325 e. The van der Waals surface area contributed by atoms with Gasteiger partial charge >= 0.3 is 5.97 Å². The zero-order chi connectivity index (χ0) is 22.5. The van der Waals surface area contributed by atoms with Crippen molar-refractivity contribution in [1.29, 1.82) is 0 Å². The molecule has 2 aromatic rings. The summed E-state index contributed by atoms with van der Waals surface area (Å²) in [6.07, 6.45) is 5.80. The first-order chi connectivity index (χ1) is 15.5. The average molecular weight is 442 g/mol. The standard InChI is InChI=1S/C25H32FN3O3/c1-2-17-14-19(26)9-11-22(17)23(25(30)31)29-15-21(16-29)32-13-4-3-7-20-10-8-18-6-5-12-27-24(18)28-20/h8-11,14,21,23H,2-7,12-13,15-16H2,1H3,(H,27,28)(H,30,31)/t23-/m0/s1. The molecule has 1 aromatic carbocycles. The molecule has 6 nitrogen and oxygen atoms in total. The van der Waals surface area contributed by atoms with Crippen molar-refractivity contribution in [3.8, 4) is 0 Å². The first-order valence-electron chi connectivity index (χ1n) is 11.6. The van der Waals surface area contributed by atoms with Crippen molar-refractivity contribution in [2.45, 2.75) is 57.6 Å². The Morgan fingerprint density at radius 1 is 1.31 bits per heavy atom. The maximum absolute atomic E-state index is 13.6. The van der Waals surface area contributed by atoms with Crippen molar-refractivity contribution in [3.63, 3.8) is 0 Å². The Morgan fingerprint density at radius 2 is 2.16 bits per heavy atom. The largest absolute Gasteiger partial charge is 0.480 e. The molecule has 0 saturated carbocycles. The molecular weight excluding hydrogens is 409 g/mol. The van der Waals surface area contributed by atoms with Crippen LogP contribution in [0.25, 0.3) is 0 Å². The molecule has 0 amide bonds. The molecule has 0 aliphatic carbocycles. The second-order valence-electron chi connectivity index (χ2n) is 8.68. The van der Waals surface area contributed by atoms with Crippen LogP contribution in [0.2, 0.25) is 0 Å². The van der Waals surface area contributed by atoms with Crippen LogP contribution in [-0.2, 0) is 28.8 Å². The molecule has 7 heteroatoms. The summed E-state index contributed by atoms with van der Waals surface area (Å²) < 4.78 is 19.5. The Kier molecular flexibility index (Phi) is 7.37. The fourth-order valence-electron chi connectivity index (χ4n) is 4.59. The lowest BCUT2D eigenvalue weighted by Crippen LogP contribution is -2.55. The number of nitrogens with one attached hydrogen (secondary N) is 1. The van der Waals surface area contributed by atoms with E-state index in [-0.39, 0.29) is 11.9 Å². The molecule has 2 aliphatic heterocycles. The molecule has 0 unspecified atom stereocenters. The quantitative estimate of drug-likeness (QED) is 0.543. The van der Waals surface area contributed by atoms with Gasteiger partial charge in [-0.15, -0.1) is 0 Å². The van der Waals surface area contributed by atoms with E-state index in [0.29, 0.717) is 31.7 Å². The van der Waals surface area contributed by atoms with Gasteiger partial charge in [0.1, 0.15) is 17.7 Å². The fourth-order valence-corrected chi connectivity index (χ4v) is 4.59. The summed E-state index contributed by atoms with van der Waals surface area (Å²) >= 11 is 0. The molecular formula is C25H32FN3O3. The van der Waals surface area contributed by atoms with Gasteiger partial charge < -0.3 is 15.2 Å². The molecule has 1 fully saturated rings. The third kappa shape index (κ3) is 5.27. The second-order valence-corrected chi connectivity index (χ2v) is 8.68. The van der Waals surface area contributed by atoms with Gasteiger partial charge in [0.15, 0.2) is 0 Å². The molecule has 0 spiro atoms. The van der Waals surface area contributed by atoms with Gasteiger partial charge in [0.25, 0.3) is 0 Å².